The van der Waals surface area contributed by atoms with Gasteiger partial charge < -0.3 is 0 Å². The molecule has 2 unspecified atom stereocenters. The van der Waals surface area contributed by atoms with E-state index in [1.54, 1.807) is 24.3 Å². The predicted molar refractivity (Wildman–Crippen MR) is 124 cm³/mol. The maximum atomic E-state index is 12.6. The lowest BCUT2D eigenvalue weighted by atomic mass is 10.3. The summed E-state index contributed by atoms with van der Waals surface area (Å²) in [6.45, 7) is 0. The summed E-state index contributed by atoms with van der Waals surface area (Å²) in [5.74, 6) is 0.777. The largest absolute Gasteiger partial charge is 0.274 e. The van der Waals surface area contributed by atoms with E-state index >= 15 is 0 Å². The number of imide groups is 2. The van der Waals surface area contributed by atoms with Crippen LogP contribution in [0.15, 0.2) is 60.7 Å². The average Bonchev–Trinajstić information content (AvgIpc) is 3.23. The molecule has 31 heavy (non-hydrogen) atoms. The number of carbonyl (C=O) groups excluding carboxylic acids is 4. The van der Waals surface area contributed by atoms with Crippen LogP contribution in [-0.4, -0.2) is 45.6 Å². The van der Waals surface area contributed by atoms with E-state index < -0.39 is 0 Å². The zero-order valence-electron chi connectivity index (χ0n) is 16.8. The summed E-state index contributed by atoms with van der Waals surface area (Å²) in [6.07, 6.45) is 1.22. The van der Waals surface area contributed by atoms with Crippen LogP contribution in [0.25, 0.3) is 0 Å². The summed E-state index contributed by atoms with van der Waals surface area (Å²) in [7, 11) is 0. The van der Waals surface area contributed by atoms with Gasteiger partial charge >= 0.3 is 0 Å². The Bertz CT molecular complexity index is 904. The second kappa shape index (κ2) is 9.70. The van der Waals surface area contributed by atoms with E-state index in [1.807, 2.05) is 36.4 Å². The lowest BCUT2D eigenvalue weighted by molar-refractivity contribution is -0.122. The second-order valence-corrected chi connectivity index (χ2v) is 9.91. The Balaban J connectivity index is 1.22. The molecule has 4 rings (SSSR count). The molecular weight excluding hydrogens is 432 g/mol. The summed E-state index contributed by atoms with van der Waals surface area (Å²) >= 11 is 2.98. The Labute approximate surface area is 189 Å². The molecule has 2 atom stereocenters. The van der Waals surface area contributed by atoms with Crippen molar-refractivity contribution in [3.05, 3.63) is 60.7 Å². The van der Waals surface area contributed by atoms with Gasteiger partial charge in [0.15, 0.2) is 0 Å². The lowest BCUT2D eigenvalue weighted by Crippen LogP contribution is -2.31. The number of hydrogen-bond donors (Lipinski definition) is 0. The van der Waals surface area contributed by atoms with Crippen LogP contribution in [-0.2, 0) is 19.2 Å². The van der Waals surface area contributed by atoms with E-state index in [4.69, 9.17) is 0 Å². The maximum Gasteiger partial charge on any atom is 0.247 e. The number of thioether (sulfide) groups is 2. The minimum absolute atomic E-state index is 0.163. The molecule has 2 aliphatic heterocycles. The summed E-state index contributed by atoms with van der Waals surface area (Å²) in [4.78, 5) is 52.4. The maximum absolute atomic E-state index is 12.6. The van der Waals surface area contributed by atoms with E-state index in [1.165, 1.54) is 33.3 Å². The van der Waals surface area contributed by atoms with Crippen LogP contribution in [0.1, 0.15) is 19.3 Å². The molecule has 2 heterocycles. The van der Waals surface area contributed by atoms with Crippen LogP contribution < -0.4 is 9.80 Å². The fourth-order valence-electron chi connectivity index (χ4n) is 3.68. The van der Waals surface area contributed by atoms with Gasteiger partial charge in [0.05, 0.1) is 21.9 Å². The van der Waals surface area contributed by atoms with Crippen molar-refractivity contribution in [3.63, 3.8) is 0 Å². The minimum Gasteiger partial charge on any atom is -0.274 e. The molecule has 2 saturated heterocycles. The molecule has 0 spiro atoms. The highest BCUT2D eigenvalue weighted by Crippen LogP contribution is 2.32. The van der Waals surface area contributed by atoms with Crippen molar-refractivity contribution in [1.29, 1.82) is 0 Å². The molecule has 0 aromatic heterocycles. The van der Waals surface area contributed by atoms with Crippen LogP contribution >= 0.6 is 23.5 Å². The van der Waals surface area contributed by atoms with Gasteiger partial charge in [-0.25, -0.2) is 9.80 Å². The highest BCUT2D eigenvalue weighted by Gasteiger charge is 2.40. The highest BCUT2D eigenvalue weighted by molar-refractivity contribution is 8.01. The third kappa shape index (κ3) is 4.70. The first kappa shape index (κ1) is 21.6. The number of nitrogens with zero attached hydrogens (tertiary/aromatic N) is 2. The lowest BCUT2D eigenvalue weighted by Gasteiger charge is -2.15. The van der Waals surface area contributed by atoms with Crippen molar-refractivity contribution >= 4 is 58.5 Å². The van der Waals surface area contributed by atoms with Gasteiger partial charge in [-0.15, -0.1) is 23.5 Å². The number of anilines is 2. The zero-order valence-corrected chi connectivity index (χ0v) is 18.4. The molecule has 2 fully saturated rings. The van der Waals surface area contributed by atoms with E-state index in [0.29, 0.717) is 11.4 Å². The molecule has 6 nitrogen and oxygen atoms in total. The van der Waals surface area contributed by atoms with Gasteiger partial charge in [-0.1, -0.05) is 36.4 Å². The topological polar surface area (TPSA) is 74.8 Å². The SMILES string of the molecule is O=C1CC(SCCCSC2CC(=O)N(c3ccccc3)C2=O)C(=O)N1c1ccccc1. The fraction of sp³-hybridized carbons (Fsp3) is 0.304. The molecule has 0 N–H and O–H groups in total. The van der Waals surface area contributed by atoms with Crippen molar-refractivity contribution < 1.29 is 19.2 Å². The highest BCUT2D eigenvalue weighted by atomic mass is 32.2. The van der Waals surface area contributed by atoms with Crippen molar-refractivity contribution in [1.82, 2.24) is 0 Å². The Morgan fingerprint density at radius 3 is 1.42 bits per heavy atom. The number of amides is 4. The summed E-state index contributed by atoms with van der Waals surface area (Å²) in [5, 5.41) is -0.720. The molecule has 0 radical (unpaired) electrons. The summed E-state index contributed by atoms with van der Waals surface area (Å²) in [5.41, 5.74) is 1.23. The van der Waals surface area contributed by atoms with E-state index in [-0.39, 0.29) is 47.0 Å². The van der Waals surface area contributed by atoms with Gasteiger partial charge in [-0.3, -0.25) is 19.2 Å². The summed E-state index contributed by atoms with van der Waals surface area (Å²) in [6, 6.07) is 18.0. The van der Waals surface area contributed by atoms with E-state index in [2.05, 4.69) is 0 Å². The zero-order chi connectivity index (χ0) is 21.8. The van der Waals surface area contributed by atoms with Gasteiger partial charge in [0.1, 0.15) is 0 Å². The third-order valence-electron chi connectivity index (χ3n) is 5.17. The minimum atomic E-state index is -0.360. The number of hydrogen-bond acceptors (Lipinski definition) is 6. The Kier molecular flexibility index (Phi) is 6.77. The van der Waals surface area contributed by atoms with Gasteiger partial charge in [-0.05, 0) is 42.2 Å². The first-order valence-electron chi connectivity index (χ1n) is 10.1. The van der Waals surface area contributed by atoms with Crippen molar-refractivity contribution in [2.24, 2.45) is 0 Å². The number of benzene rings is 2. The average molecular weight is 455 g/mol. The van der Waals surface area contributed by atoms with Crippen molar-refractivity contribution in [2.75, 3.05) is 21.3 Å². The van der Waals surface area contributed by atoms with Crippen LogP contribution in [0.3, 0.4) is 0 Å². The van der Waals surface area contributed by atoms with Gasteiger partial charge in [0.2, 0.25) is 23.6 Å². The normalized spacial score (nSPS) is 21.4. The molecule has 2 aliphatic rings. The van der Waals surface area contributed by atoms with Crippen LogP contribution in [0.5, 0.6) is 0 Å². The van der Waals surface area contributed by atoms with E-state index in [0.717, 1.165) is 17.9 Å². The molecular formula is C23H22N2O4S2. The molecule has 0 aliphatic carbocycles. The smallest absolute Gasteiger partial charge is 0.247 e. The Hall–Kier alpha value is -2.58. The van der Waals surface area contributed by atoms with E-state index in [9.17, 15) is 19.2 Å². The predicted octanol–water partition coefficient (Wildman–Crippen LogP) is 3.51. The molecule has 0 bridgehead atoms. The second-order valence-electron chi connectivity index (χ2n) is 7.29. The van der Waals surface area contributed by atoms with Crippen molar-refractivity contribution in [3.8, 4) is 0 Å². The quantitative estimate of drug-likeness (QED) is 0.449. The molecule has 2 aromatic rings. The molecule has 160 valence electrons. The number of carbonyl (C=O) groups is 4. The molecule has 4 amide bonds. The van der Waals surface area contributed by atoms with Gasteiger partial charge in [-0.2, -0.15) is 0 Å². The number of para-hydroxylation sites is 2. The standard InChI is InChI=1S/C23H22N2O4S2/c26-20-14-18(22(28)24(20)16-8-3-1-4-9-16)30-12-7-13-31-19-15-21(27)25(23(19)29)17-10-5-2-6-11-17/h1-6,8-11,18-19H,7,12-15H2. The molecule has 0 saturated carbocycles. The first-order valence-corrected chi connectivity index (χ1v) is 12.2. The Morgan fingerprint density at radius 1 is 0.645 bits per heavy atom. The van der Waals surface area contributed by atoms with Gasteiger partial charge in [0.25, 0.3) is 0 Å². The first-order chi connectivity index (χ1) is 15.1. The van der Waals surface area contributed by atoms with Crippen molar-refractivity contribution in [2.45, 2.75) is 29.8 Å². The van der Waals surface area contributed by atoms with Crippen LogP contribution in [0.2, 0.25) is 0 Å². The third-order valence-corrected chi connectivity index (χ3v) is 7.76. The van der Waals surface area contributed by atoms with Gasteiger partial charge in [0, 0.05) is 12.8 Å². The number of rotatable bonds is 8. The van der Waals surface area contributed by atoms with Crippen LogP contribution in [0.4, 0.5) is 11.4 Å². The fourth-order valence-corrected chi connectivity index (χ4v) is 6.07. The van der Waals surface area contributed by atoms with Crippen LogP contribution in [0, 0.1) is 0 Å². The Morgan fingerprint density at radius 2 is 1.03 bits per heavy atom. The summed E-state index contributed by atoms with van der Waals surface area (Å²) < 4.78 is 0. The molecule has 8 heteroatoms. The monoisotopic (exact) mass is 454 g/mol. The molecule has 2 aromatic carbocycles.